The summed E-state index contributed by atoms with van der Waals surface area (Å²) in [6.45, 7) is 2.57. The topological polar surface area (TPSA) is 12.0 Å². The molecule has 0 heterocycles. The van der Waals surface area contributed by atoms with Crippen LogP contribution in [0.3, 0.4) is 0 Å². The first-order valence-corrected chi connectivity index (χ1v) is 6.92. The maximum absolute atomic E-state index is 13.6. The van der Waals surface area contributed by atoms with Crippen molar-refractivity contribution < 1.29 is 8.78 Å². The Bertz CT molecular complexity index is 633. The van der Waals surface area contributed by atoms with E-state index in [1.54, 1.807) is 6.07 Å². The Balaban J connectivity index is 1.98. The molecule has 0 unspecified atom stereocenters. The number of nitrogens with one attached hydrogen (secondary N) is 1. The molecule has 2 aromatic rings. The molecule has 0 aliphatic heterocycles. The van der Waals surface area contributed by atoms with Gasteiger partial charge in [-0.05, 0) is 66.3 Å². The molecule has 1 saturated carbocycles. The van der Waals surface area contributed by atoms with Gasteiger partial charge >= 0.3 is 0 Å². The summed E-state index contributed by atoms with van der Waals surface area (Å²) >= 11 is 0. The lowest BCUT2D eigenvalue weighted by molar-refractivity contribution is 0.625. The van der Waals surface area contributed by atoms with Crippen LogP contribution in [-0.2, 0) is 6.54 Å². The molecule has 0 radical (unpaired) electrons. The van der Waals surface area contributed by atoms with Gasteiger partial charge in [-0.2, -0.15) is 0 Å². The fraction of sp³-hybridized carbons (Fsp3) is 0.294. The van der Waals surface area contributed by atoms with E-state index in [0.29, 0.717) is 6.04 Å². The number of hydrogen-bond donors (Lipinski definition) is 1. The van der Waals surface area contributed by atoms with E-state index in [2.05, 4.69) is 5.32 Å². The lowest BCUT2D eigenvalue weighted by atomic mass is 9.95. The fourth-order valence-electron chi connectivity index (χ4n) is 2.42. The molecule has 0 bridgehead atoms. The first-order valence-electron chi connectivity index (χ1n) is 6.92. The number of hydrogen-bond acceptors (Lipinski definition) is 1. The monoisotopic (exact) mass is 273 g/mol. The Kier molecular flexibility index (Phi) is 3.53. The van der Waals surface area contributed by atoms with Crippen LogP contribution >= 0.6 is 0 Å². The third-order valence-corrected chi connectivity index (χ3v) is 3.71. The third-order valence-electron chi connectivity index (χ3n) is 3.71. The summed E-state index contributed by atoms with van der Waals surface area (Å²) in [6.07, 6.45) is 2.43. The Morgan fingerprint density at radius 1 is 1.00 bits per heavy atom. The van der Waals surface area contributed by atoms with Crippen LogP contribution in [0.2, 0.25) is 0 Å². The Morgan fingerprint density at radius 2 is 1.70 bits per heavy atom. The quantitative estimate of drug-likeness (QED) is 0.880. The van der Waals surface area contributed by atoms with E-state index in [-0.39, 0.29) is 11.6 Å². The van der Waals surface area contributed by atoms with Gasteiger partial charge in [0.1, 0.15) is 11.6 Å². The minimum Gasteiger partial charge on any atom is -0.310 e. The second-order valence-corrected chi connectivity index (χ2v) is 5.42. The van der Waals surface area contributed by atoms with Gasteiger partial charge in [0.2, 0.25) is 0 Å². The highest BCUT2D eigenvalue weighted by atomic mass is 19.1. The first kappa shape index (κ1) is 13.3. The van der Waals surface area contributed by atoms with Crippen LogP contribution in [0.1, 0.15) is 24.0 Å². The smallest absolute Gasteiger partial charge is 0.123 e. The number of rotatable bonds is 4. The molecule has 1 aliphatic carbocycles. The maximum atomic E-state index is 13.6. The predicted molar refractivity (Wildman–Crippen MR) is 76.4 cm³/mol. The van der Waals surface area contributed by atoms with E-state index < -0.39 is 0 Å². The summed E-state index contributed by atoms with van der Waals surface area (Å²) in [5.74, 6) is -0.529. The summed E-state index contributed by atoms with van der Waals surface area (Å²) in [4.78, 5) is 0. The van der Waals surface area contributed by atoms with Crippen molar-refractivity contribution >= 4 is 0 Å². The highest BCUT2D eigenvalue weighted by Gasteiger charge is 2.20. The van der Waals surface area contributed by atoms with Gasteiger partial charge in [-0.3, -0.25) is 0 Å². The van der Waals surface area contributed by atoms with Gasteiger partial charge in [0.15, 0.2) is 0 Å². The summed E-state index contributed by atoms with van der Waals surface area (Å²) in [5.41, 5.74) is 3.60. The van der Waals surface area contributed by atoms with Gasteiger partial charge in [-0.25, -0.2) is 8.78 Å². The van der Waals surface area contributed by atoms with Gasteiger partial charge in [-0.15, -0.1) is 0 Å². The molecule has 3 heteroatoms. The summed E-state index contributed by atoms with van der Waals surface area (Å²) in [5, 5.41) is 3.44. The van der Waals surface area contributed by atoms with Gasteiger partial charge < -0.3 is 5.32 Å². The molecule has 1 nitrogen and oxygen atoms in total. The molecule has 0 amide bonds. The zero-order chi connectivity index (χ0) is 14.1. The minimum absolute atomic E-state index is 0.264. The standard InChI is InChI=1S/C17H17F2N/c1-11-8-13(18)4-7-16(11)17-9-14(19)3-2-12(17)10-20-15-5-6-15/h2-4,7-9,15,20H,5-6,10H2,1H3. The molecular weight excluding hydrogens is 256 g/mol. The Hall–Kier alpha value is -1.74. The Labute approximate surface area is 117 Å². The van der Waals surface area contributed by atoms with Crippen molar-refractivity contribution in [2.45, 2.75) is 32.4 Å². The second kappa shape index (κ2) is 5.33. The van der Waals surface area contributed by atoms with Crippen LogP contribution in [0.4, 0.5) is 8.78 Å². The van der Waals surface area contributed by atoms with E-state index in [1.165, 1.54) is 37.1 Å². The SMILES string of the molecule is Cc1cc(F)ccc1-c1cc(F)ccc1CNC1CC1. The van der Waals surface area contributed by atoms with Crippen molar-refractivity contribution in [1.29, 1.82) is 0 Å². The number of aryl methyl sites for hydroxylation is 1. The van der Waals surface area contributed by atoms with Crippen LogP contribution in [0, 0.1) is 18.6 Å². The van der Waals surface area contributed by atoms with Crippen LogP contribution < -0.4 is 5.32 Å². The van der Waals surface area contributed by atoms with Gasteiger partial charge in [0, 0.05) is 12.6 Å². The van der Waals surface area contributed by atoms with Crippen molar-refractivity contribution in [1.82, 2.24) is 5.32 Å². The summed E-state index contributed by atoms with van der Waals surface area (Å²) in [7, 11) is 0. The normalized spacial score (nSPS) is 14.6. The van der Waals surface area contributed by atoms with Crippen LogP contribution in [0.15, 0.2) is 36.4 Å². The van der Waals surface area contributed by atoms with Crippen molar-refractivity contribution in [2.75, 3.05) is 0 Å². The molecule has 20 heavy (non-hydrogen) atoms. The number of halogens is 2. The summed E-state index contributed by atoms with van der Waals surface area (Å²) < 4.78 is 26.8. The largest absolute Gasteiger partial charge is 0.310 e. The van der Waals surface area contributed by atoms with Crippen LogP contribution in [0.25, 0.3) is 11.1 Å². The molecule has 1 fully saturated rings. The van der Waals surface area contributed by atoms with Crippen molar-refractivity contribution in [3.63, 3.8) is 0 Å². The van der Waals surface area contributed by atoms with E-state index in [0.717, 1.165) is 28.8 Å². The molecule has 0 aromatic heterocycles. The first-order chi connectivity index (χ1) is 9.63. The van der Waals surface area contributed by atoms with Crippen molar-refractivity contribution in [3.8, 4) is 11.1 Å². The van der Waals surface area contributed by atoms with E-state index in [4.69, 9.17) is 0 Å². The van der Waals surface area contributed by atoms with Crippen molar-refractivity contribution in [3.05, 3.63) is 59.2 Å². The predicted octanol–water partition coefficient (Wildman–Crippen LogP) is 4.19. The van der Waals surface area contributed by atoms with Gasteiger partial charge in [0.05, 0.1) is 0 Å². The van der Waals surface area contributed by atoms with E-state index in [1.807, 2.05) is 13.0 Å². The lowest BCUT2D eigenvalue weighted by Gasteiger charge is -2.13. The lowest BCUT2D eigenvalue weighted by Crippen LogP contribution is -2.16. The number of benzene rings is 2. The molecular formula is C17H17F2N. The minimum atomic E-state index is -0.265. The van der Waals surface area contributed by atoms with Crippen LogP contribution in [0.5, 0.6) is 0 Å². The molecule has 2 aromatic carbocycles. The molecule has 0 saturated heterocycles. The van der Waals surface area contributed by atoms with Gasteiger partial charge in [-0.1, -0.05) is 12.1 Å². The van der Waals surface area contributed by atoms with Gasteiger partial charge in [0.25, 0.3) is 0 Å². The highest BCUT2D eigenvalue weighted by Crippen LogP contribution is 2.29. The maximum Gasteiger partial charge on any atom is 0.123 e. The average Bonchev–Trinajstić information content (AvgIpc) is 3.21. The second-order valence-electron chi connectivity index (χ2n) is 5.42. The molecule has 0 atom stereocenters. The fourth-order valence-corrected chi connectivity index (χ4v) is 2.42. The highest BCUT2D eigenvalue weighted by molar-refractivity contribution is 5.70. The van der Waals surface area contributed by atoms with E-state index >= 15 is 0 Å². The Morgan fingerprint density at radius 3 is 2.40 bits per heavy atom. The molecule has 1 aliphatic rings. The van der Waals surface area contributed by atoms with Crippen molar-refractivity contribution in [2.24, 2.45) is 0 Å². The zero-order valence-corrected chi connectivity index (χ0v) is 11.4. The van der Waals surface area contributed by atoms with E-state index in [9.17, 15) is 8.78 Å². The molecule has 0 spiro atoms. The molecule has 104 valence electrons. The molecule has 3 rings (SSSR count). The molecule has 1 N–H and O–H groups in total. The zero-order valence-electron chi connectivity index (χ0n) is 11.4. The van der Waals surface area contributed by atoms with Crippen LogP contribution in [-0.4, -0.2) is 6.04 Å². The third kappa shape index (κ3) is 2.88. The average molecular weight is 273 g/mol. The summed E-state index contributed by atoms with van der Waals surface area (Å²) in [6, 6.07) is 10.0.